The van der Waals surface area contributed by atoms with Gasteiger partial charge in [0.2, 0.25) is 0 Å². The minimum absolute atomic E-state index is 0.198. The zero-order chi connectivity index (χ0) is 26.7. The van der Waals surface area contributed by atoms with E-state index in [2.05, 4.69) is 57.8 Å². The quantitative estimate of drug-likeness (QED) is 0.212. The van der Waals surface area contributed by atoms with Crippen molar-refractivity contribution in [1.29, 1.82) is 0 Å². The van der Waals surface area contributed by atoms with Gasteiger partial charge in [0.1, 0.15) is 36.9 Å². The van der Waals surface area contributed by atoms with Gasteiger partial charge in [-0.15, -0.1) is 19.7 Å². The molecule has 202 valence electrons. The Morgan fingerprint density at radius 1 is 0.684 bits per heavy atom. The summed E-state index contributed by atoms with van der Waals surface area (Å²) in [5.74, 6) is 1.89. The number of benzene rings is 2. The maximum absolute atomic E-state index is 6.34. The SMILES string of the molecule is C=CCc1cc(C(C)(C)c2cc(CC=C)c(OC[C@@H]3CO3)c(CC3CO3)c2)cc(CC=C)c1OCC1CO1. The summed E-state index contributed by atoms with van der Waals surface area (Å²) in [5.41, 5.74) is 6.85. The Hall–Kier alpha value is -2.86. The lowest BCUT2D eigenvalue weighted by atomic mass is 9.75. The molecule has 3 heterocycles. The van der Waals surface area contributed by atoms with Gasteiger partial charge in [-0.1, -0.05) is 56.3 Å². The minimum Gasteiger partial charge on any atom is -0.490 e. The summed E-state index contributed by atoms with van der Waals surface area (Å²) in [6.45, 7) is 20.1. The van der Waals surface area contributed by atoms with E-state index in [0.717, 1.165) is 73.7 Å². The predicted octanol–water partition coefficient (Wildman–Crippen LogP) is 5.69. The molecule has 0 N–H and O–H groups in total. The highest BCUT2D eigenvalue weighted by Crippen LogP contribution is 2.41. The van der Waals surface area contributed by atoms with Crippen LogP contribution in [-0.2, 0) is 45.3 Å². The van der Waals surface area contributed by atoms with Crippen LogP contribution in [0.3, 0.4) is 0 Å². The molecule has 0 amide bonds. The van der Waals surface area contributed by atoms with Crippen LogP contribution in [0.5, 0.6) is 11.5 Å². The molecule has 0 saturated carbocycles. The fraction of sp³-hybridized carbons (Fsp3) is 0.455. The van der Waals surface area contributed by atoms with Crippen LogP contribution in [-0.4, -0.2) is 51.3 Å². The van der Waals surface area contributed by atoms with Gasteiger partial charge >= 0.3 is 0 Å². The zero-order valence-electron chi connectivity index (χ0n) is 22.8. The molecular formula is C33H40O5. The van der Waals surface area contributed by atoms with Crippen molar-refractivity contribution in [2.45, 2.75) is 63.3 Å². The second-order valence-electron chi connectivity index (χ2n) is 11.0. The average Bonchev–Trinajstić information content (AvgIpc) is 3.73. The molecule has 3 saturated heterocycles. The first-order valence-electron chi connectivity index (χ1n) is 13.7. The number of hydrogen-bond acceptors (Lipinski definition) is 5. The van der Waals surface area contributed by atoms with Crippen molar-refractivity contribution < 1.29 is 23.7 Å². The van der Waals surface area contributed by atoms with E-state index in [1.807, 2.05) is 18.2 Å². The molecule has 3 aliphatic heterocycles. The lowest BCUT2D eigenvalue weighted by Gasteiger charge is -2.30. The van der Waals surface area contributed by atoms with Crippen LogP contribution in [0.1, 0.15) is 47.2 Å². The normalized spacial score (nSPS) is 21.5. The summed E-state index contributed by atoms with van der Waals surface area (Å²) in [5, 5.41) is 0. The third-order valence-corrected chi connectivity index (χ3v) is 7.50. The number of allylic oxidation sites excluding steroid dienone is 3. The summed E-state index contributed by atoms with van der Waals surface area (Å²) in [4.78, 5) is 0. The summed E-state index contributed by atoms with van der Waals surface area (Å²) in [6.07, 6.45) is 9.53. The fourth-order valence-corrected chi connectivity index (χ4v) is 4.95. The van der Waals surface area contributed by atoms with Gasteiger partial charge in [-0.25, -0.2) is 0 Å². The van der Waals surface area contributed by atoms with E-state index in [9.17, 15) is 0 Å². The summed E-state index contributed by atoms with van der Waals surface area (Å²) in [7, 11) is 0. The van der Waals surface area contributed by atoms with Crippen molar-refractivity contribution in [3.63, 3.8) is 0 Å². The van der Waals surface area contributed by atoms with Crippen LogP contribution in [0.15, 0.2) is 62.2 Å². The average molecular weight is 517 g/mol. The third kappa shape index (κ3) is 6.40. The Labute approximate surface area is 227 Å². The molecule has 0 bridgehead atoms. The molecule has 2 aromatic carbocycles. The smallest absolute Gasteiger partial charge is 0.126 e. The topological polar surface area (TPSA) is 56.0 Å². The molecule has 0 spiro atoms. The van der Waals surface area contributed by atoms with Crippen molar-refractivity contribution >= 4 is 0 Å². The van der Waals surface area contributed by atoms with Crippen molar-refractivity contribution in [3.05, 3.63) is 95.6 Å². The van der Waals surface area contributed by atoms with Gasteiger partial charge in [-0.2, -0.15) is 0 Å². The first-order valence-corrected chi connectivity index (χ1v) is 13.7. The van der Waals surface area contributed by atoms with Crippen molar-refractivity contribution in [2.24, 2.45) is 0 Å². The summed E-state index contributed by atoms with van der Waals surface area (Å²) < 4.78 is 29.0. The fourth-order valence-electron chi connectivity index (χ4n) is 4.95. The monoisotopic (exact) mass is 516 g/mol. The van der Waals surface area contributed by atoms with Crippen LogP contribution in [0, 0.1) is 0 Å². The van der Waals surface area contributed by atoms with E-state index >= 15 is 0 Å². The van der Waals surface area contributed by atoms with Gasteiger partial charge in [0.15, 0.2) is 0 Å². The maximum atomic E-state index is 6.34. The van der Waals surface area contributed by atoms with Gasteiger partial charge in [0, 0.05) is 11.8 Å². The van der Waals surface area contributed by atoms with Crippen LogP contribution in [0.2, 0.25) is 0 Å². The minimum atomic E-state index is -0.267. The van der Waals surface area contributed by atoms with Crippen LogP contribution >= 0.6 is 0 Å². The number of rotatable bonds is 16. The molecular weight excluding hydrogens is 476 g/mol. The van der Waals surface area contributed by atoms with Gasteiger partial charge in [0.25, 0.3) is 0 Å². The van der Waals surface area contributed by atoms with Crippen LogP contribution < -0.4 is 9.47 Å². The van der Waals surface area contributed by atoms with Crippen molar-refractivity contribution in [1.82, 2.24) is 0 Å². The summed E-state index contributed by atoms with van der Waals surface area (Å²) in [6, 6.07) is 9.16. The van der Waals surface area contributed by atoms with E-state index in [4.69, 9.17) is 23.7 Å². The van der Waals surface area contributed by atoms with E-state index in [-0.39, 0.29) is 23.7 Å². The van der Waals surface area contributed by atoms with E-state index in [1.165, 1.54) is 16.7 Å². The Morgan fingerprint density at radius 3 is 1.42 bits per heavy atom. The highest BCUT2D eigenvalue weighted by atomic mass is 16.6. The van der Waals surface area contributed by atoms with Crippen molar-refractivity contribution in [3.8, 4) is 11.5 Å². The molecule has 3 aliphatic rings. The Bertz CT molecular complexity index is 1150. The first kappa shape index (κ1) is 26.7. The molecule has 5 nitrogen and oxygen atoms in total. The zero-order valence-corrected chi connectivity index (χ0v) is 22.8. The predicted molar refractivity (Wildman–Crippen MR) is 151 cm³/mol. The van der Waals surface area contributed by atoms with E-state index in [0.29, 0.717) is 13.2 Å². The molecule has 0 aromatic heterocycles. The molecule has 2 unspecified atom stereocenters. The standard InChI is InChI=1S/C33H40O5/c1-6-9-22-12-26(13-23(10-7-2)31(22)37-20-29-18-35-29)33(4,5)27-14-24(11-8-3)32(38-21-30-19-36-30)25(15-27)16-28-17-34-28/h6-8,12-15,28-30H,1-3,9-11,16-21H2,4-5H3/t28?,29?,30-/m0/s1. The van der Waals surface area contributed by atoms with E-state index < -0.39 is 0 Å². The van der Waals surface area contributed by atoms with Gasteiger partial charge in [0.05, 0.1) is 25.9 Å². The molecule has 38 heavy (non-hydrogen) atoms. The van der Waals surface area contributed by atoms with Crippen molar-refractivity contribution in [2.75, 3.05) is 33.0 Å². The lowest BCUT2D eigenvalue weighted by molar-refractivity contribution is 0.258. The first-order chi connectivity index (χ1) is 18.4. The molecule has 0 radical (unpaired) electrons. The molecule has 2 aromatic rings. The second kappa shape index (κ2) is 11.5. The Balaban J connectivity index is 1.55. The Morgan fingerprint density at radius 2 is 1.05 bits per heavy atom. The molecule has 5 rings (SSSR count). The largest absolute Gasteiger partial charge is 0.490 e. The molecule has 3 fully saturated rings. The maximum Gasteiger partial charge on any atom is 0.126 e. The highest BCUT2D eigenvalue weighted by molar-refractivity contribution is 5.54. The van der Waals surface area contributed by atoms with E-state index in [1.54, 1.807) is 0 Å². The summed E-state index contributed by atoms with van der Waals surface area (Å²) >= 11 is 0. The molecule has 5 heteroatoms. The Kier molecular flexibility index (Phi) is 8.08. The molecule has 3 atom stereocenters. The van der Waals surface area contributed by atoms with Crippen LogP contribution in [0.25, 0.3) is 0 Å². The number of ether oxygens (including phenoxy) is 5. The number of hydrogen-bond donors (Lipinski definition) is 0. The van der Waals surface area contributed by atoms with Crippen LogP contribution in [0.4, 0.5) is 0 Å². The van der Waals surface area contributed by atoms with Gasteiger partial charge < -0.3 is 23.7 Å². The second-order valence-corrected chi connectivity index (χ2v) is 11.0. The number of epoxide rings is 3. The molecule has 0 aliphatic carbocycles. The van der Waals surface area contributed by atoms with Gasteiger partial charge in [-0.05, 0) is 52.6 Å². The lowest BCUT2D eigenvalue weighted by Crippen LogP contribution is -2.22. The van der Waals surface area contributed by atoms with Gasteiger partial charge in [-0.3, -0.25) is 0 Å². The highest BCUT2D eigenvalue weighted by Gasteiger charge is 2.32. The third-order valence-electron chi connectivity index (χ3n) is 7.50.